The molecule has 0 radical (unpaired) electrons. The quantitative estimate of drug-likeness (QED) is 0.537. The molecule has 0 aromatic carbocycles. The largest absolute Gasteiger partial charge is 0.379 e. The first kappa shape index (κ1) is 10.6. The molecule has 0 amide bonds. The van der Waals surface area contributed by atoms with Crippen LogP contribution in [0.15, 0.2) is 0 Å². The molecule has 1 saturated heterocycles. The second-order valence-electron chi connectivity index (χ2n) is 4.03. The van der Waals surface area contributed by atoms with Crippen LogP contribution in [0.2, 0.25) is 0 Å². The summed E-state index contributed by atoms with van der Waals surface area (Å²) in [5.74, 6) is 1.70. The number of ether oxygens (including phenoxy) is 1. The maximum Gasteiger partial charge on any atom is 0.0511 e. The molecule has 72 valence electrons. The van der Waals surface area contributed by atoms with Gasteiger partial charge < -0.3 is 4.74 Å². The fraction of sp³-hybridized carbons (Fsp3) is 1.00. The van der Waals surface area contributed by atoms with Gasteiger partial charge in [0, 0.05) is 16.8 Å². The third-order valence-corrected chi connectivity index (χ3v) is 5.14. The fourth-order valence-corrected chi connectivity index (χ4v) is 3.08. The molecular formula is C9H20OSSi. The van der Waals surface area contributed by atoms with E-state index in [0.29, 0.717) is 5.92 Å². The van der Waals surface area contributed by atoms with Crippen LogP contribution in [0.5, 0.6) is 0 Å². The lowest BCUT2D eigenvalue weighted by Crippen LogP contribution is -2.43. The Labute approximate surface area is 84.1 Å². The predicted octanol–water partition coefficient (Wildman–Crippen LogP) is 1.20. The van der Waals surface area contributed by atoms with Crippen LogP contribution in [-0.2, 0) is 4.74 Å². The summed E-state index contributed by atoms with van der Waals surface area (Å²) in [4.78, 5) is 0. The van der Waals surface area contributed by atoms with E-state index < -0.39 is 0 Å². The third-order valence-electron chi connectivity index (χ3n) is 3.10. The van der Waals surface area contributed by atoms with Gasteiger partial charge in [-0.25, -0.2) is 0 Å². The molecule has 0 bridgehead atoms. The van der Waals surface area contributed by atoms with E-state index in [0.717, 1.165) is 12.4 Å². The minimum absolute atomic E-state index is 0.279. The second kappa shape index (κ2) is 4.68. The van der Waals surface area contributed by atoms with Gasteiger partial charge in [-0.05, 0) is 37.4 Å². The lowest BCUT2D eigenvalue weighted by atomic mass is 9.94. The Kier molecular flexibility index (Phi) is 4.13. The zero-order chi connectivity index (χ0) is 9.03. The third kappa shape index (κ3) is 2.51. The normalized spacial score (nSPS) is 33.5. The molecule has 1 aliphatic rings. The monoisotopic (exact) mass is 204 g/mol. The molecule has 0 saturated carbocycles. The Morgan fingerprint density at radius 1 is 1.58 bits per heavy atom. The maximum atomic E-state index is 5.91. The van der Waals surface area contributed by atoms with Crippen molar-refractivity contribution >= 4 is 22.9 Å². The Balaban J connectivity index is 2.44. The highest BCUT2D eigenvalue weighted by Crippen LogP contribution is 2.31. The van der Waals surface area contributed by atoms with Crippen molar-refractivity contribution in [2.75, 3.05) is 12.4 Å². The first-order valence-corrected chi connectivity index (χ1v) is 6.57. The summed E-state index contributed by atoms with van der Waals surface area (Å²) in [6.07, 6.45) is 5.11. The predicted molar refractivity (Wildman–Crippen MR) is 60.1 cm³/mol. The molecule has 1 heterocycles. The topological polar surface area (TPSA) is 9.23 Å². The highest BCUT2D eigenvalue weighted by molar-refractivity contribution is 7.80. The van der Waals surface area contributed by atoms with Gasteiger partial charge in [-0.15, -0.1) is 0 Å². The van der Waals surface area contributed by atoms with Gasteiger partial charge in [0.05, 0.1) is 5.22 Å². The Morgan fingerprint density at radius 2 is 2.33 bits per heavy atom. The SMILES string of the molecule is CC(CCS)C1([SiH3])CCCCO1. The highest BCUT2D eigenvalue weighted by atomic mass is 32.1. The van der Waals surface area contributed by atoms with Crippen LogP contribution in [0, 0.1) is 5.92 Å². The van der Waals surface area contributed by atoms with Gasteiger partial charge in [-0.1, -0.05) is 6.92 Å². The fourth-order valence-electron chi connectivity index (χ4n) is 1.84. The Hall–Kier alpha value is 0.527. The van der Waals surface area contributed by atoms with Crippen molar-refractivity contribution in [3.63, 3.8) is 0 Å². The van der Waals surface area contributed by atoms with E-state index in [9.17, 15) is 0 Å². The molecule has 0 aromatic rings. The maximum absolute atomic E-state index is 5.91. The Bertz CT molecular complexity index is 134. The van der Waals surface area contributed by atoms with Crippen LogP contribution in [-0.4, -0.2) is 27.8 Å². The van der Waals surface area contributed by atoms with E-state index in [-0.39, 0.29) is 5.22 Å². The smallest absolute Gasteiger partial charge is 0.0511 e. The number of rotatable bonds is 3. The van der Waals surface area contributed by atoms with Gasteiger partial charge in [0.15, 0.2) is 0 Å². The van der Waals surface area contributed by atoms with E-state index in [4.69, 9.17) is 4.74 Å². The average Bonchev–Trinajstić information content (AvgIpc) is 2.06. The molecule has 2 atom stereocenters. The van der Waals surface area contributed by atoms with Gasteiger partial charge >= 0.3 is 0 Å². The van der Waals surface area contributed by atoms with Crippen molar-refractivity contribution in [2.24, 2.45) is 5.92 Å². The van der Waals surface area contributed by atoms with Crippen molar-refractivity contribution in [3.8, 4) is 0 Å². The van der Waals surface area contributed by atoms with Gasteiger partial charge in [-0.3, -0.25) is 0 Å². The van der Waals surface area contributed by atoms with Gasteiger partial charge in [0.25, 0.3) is 0 Å². The van der Waals surface area contributed by atoms with E-state index in [1.165, 1.54) is 35.9 Å². The summed E-state index contributed by atoms with van der Waals surface area (Å²) in [5.41, 5.74) is 0. The van der Waals surface area contributed by atoms with Crippen LogP contribution in [0.25, 0.3) is 0 Å². The van der Waals surface area contributed by atoms with E-state index in [1.54, 1.807) is 0 Å². The number of hydrogen-bond donors (Lipinski definition) is 1. The van der Waals surface area contributed by atoms with Crippen LogP contribution in [0.3, 0.4) is 0 Å². The van der Waals surface area contributed by atoms with E-state index in [2.05, 4.69) is 19.6 Å². The van der Waals surface area contributed by atoms with E-state index >= 15 is 0 Å². The molecule has 0 N–H and O–H groups in total. The molecule has 0 spiro atoms. The van der Waals surface area contributed by atoms with Crippen molar-refractivity contribution in [2.45, 2.75) is 37.8 Å². The van der Waals surface area contributed by atoms with E-state index in [1.807, 2.05) is 0 Å². The van der Waals surface area contributed by atoms with Gasteiger partial charge in [0.1, 0.15) is 0 Å². The molecule has 12 heavy (non-hydrogen) atoms. The van der Waals surface area contributed by atoms with Crippen LogP contribution in [0.1, 0.15) is 32.6 Å². The molecule has 0 aromatic heterocycles. The summed E-state index contributed by atoms with van der Waals surface area (Å²) < 4.78 is 5.91. The average molecular weight is 204 g/mol. The zero-order valence-electron chi connectivity index (χ0n) is 8.18. The number of hydrogen-bond acceptors (Lipinski definition) is 2. The lowest BCUT2D eigenvalue weighted by molar-refractivity contribution is -0.0515. The number of thiol groups is 1. The van der Waals surface area contributed by atoms with Crippen molar-refractivity contribution in [1.29, 1.82) is 0 Å². The van der Waals surface area contributed by atoms with Gasteiger partial charge in [0.2, 0.25) is 0 Å². The first-order chi connectivity index (χ1) is 5.69. The summed E-state index contributed by atoms with van der Waals surface area (Å²) in [6, 6.07) is 0. The molecule has 1 fully saturated rings. The van der Waals surface area contributed by atoms with Crippen molar-refractivity contribution < 1.29 is 4.74 Å². The lowest BCUT2D eigenvalue weighted by Gasteiger charge is -2.39. The molecule has 1 rings (SSSR count). The van der Waals surface area contributed by atoms with Crippen LogP contribution >= 0.6 is 12.6 Å². The minimum atomic E-state index is 0.279. The van der Waals surface area contributed by atoms with Crippen molar-refractivity contribution in [3.05, 3.63) is 0 Å². The molecule has 1 aliphatic heterocycles. The minimum Gasteiger partial charge on any atom is -0.379 e. The molecule has 0 aliphatic carbocycles. The van der Waals surface area contributed by atoms with Crippen molar-refractivity contribution in [1.82, 2.24) is 0 Å². The molecular weight excluding hydrogens is 184 g/mol. The van der Waals surface area contributed by atoms with Crippen LogP contribution < -0.4 is 0 Å². The molecule has 3 heteroatoms. The first-order valence-electron chi connectivity index (χ1n) is 4.94. The highest BCUT2D eigenvalue weighted by Gasteiger charge is 2.32. The zero-order valence-corrected chi connectivity index (χ0v) is 11.1. The molecule has 1 nitrogen and oxygen atoms in total. The summed E-state index contributed by atoms with van der Waals surface area (Å²) >= 11 is 4.28. The molecule has 2 unspecified atom stereocenters. The summed E-state index contributed by atoms with van der Waals surface area (Å²) in [7, 11) is 1.17. The van der Waals surface area contributed by atoms with Crippen LogP contribution in [0.4, 0.5) is 0 Å². The van der Waals surface area contributed by atoms with Gasteiger partial charge in [-0.2, -0.15) is 12.6 Å². The second-order valence-corrected chi connectivity index (χ2v) is 6.17. The Morgan fingerprint density at radius 3 is 2.83 bits per heavy atom. The summed E-state index contributed by atoms with van der Waals surface area (Å²) in [5, 5.41) is 0.279. The summed E-state index contributed by atoms with van der Waals surface area (Å²) in [6.45, 7) is 3.30. The standard InChI is InChI=1S/C9H20OSSi/c1-8(4-7-11)9(12)5-2-3-6-10-9/h8,11H,2-7H2,1,12H3.